The van der Waals surface area contributed by atoms with Crippen molar-refractivity contribution in [2.75, 3.05) is 14.2 Å². The second kappa shape index (κ2) is 7.03. The minimum Gasteiger partial charge on any atom is -0.497 e. The van der Waals surface area contributed by atoms with Crippen LogP contribution < -0.4 is 9.47 Å². The van der Waals surface area contributed by atoms with E-state index in [-0.39, 0.29) is 11.5 Å². The van der Waals surface area contributed by atoms with E-state index in [0.717, 1.165) is 0 Å². The van der Waals surface area contributed by atoms with Gasteiger partial charge in [0.05, 0.1) is 25.7 Å². The van der Waals surface area contributed by atoms with E-state index in [9.17, 15) is 8.42 Å². The molecule has 6 heteroatoms. The van der Waals surface area contributed by atoms with Crippen LogP contribution in [-0.4, -0.2) is 22.6 Å². The lowest BCUT2D eigenvalue weighted by Crippen LogP contribution is -2.08. The van der Waals surface area contributed by atoms with Crippen molar-refractivity contribution in [3.63, 3.8) is 0 Å². The molecule has 0 aliphatic carbocycles. The summed E-state index contributed by atoms with van der Waals surface area (Å²) in [6, 6.07) is 12.0. The Morgan fingerprint density at radius 1 is 0.955 bits per heavy atom. The summed E-state index contributed by atoms with van der Waals surface area (Å²) in [5, 5.41) is 0.383. The van der Waals surface area contributed by atoms with Gasteiger partial charge in [-0.15, -0.1) is 0 Å². The second-order valence-electron chi connectivity index (χ2n) is 4.84. The van der Waals surface area contributed by atoms with Crippen LogP contribution in [-0.2, 0) is 21.3 Å². The molecule has 2 rings (SSSR count). The Balaban J connectivity index is 2.17. The van der Waals surface area contributed by atoms with Gasteiger partial charge in [-0.1, -0.05) is 29.8 Å². The van der Waals surface area contributed by atoms with E-state index in [0.29, 0.717) is 27.6 Å². The summed E-state index contributed by atoms with van der Waals surface area (Å²) in [6.45, 7) is 0. The Bertz CT molecular complexity index is 756. The molecule has 0 fully saturated rings. The maximum atomic E-state index is 12.3. The molecule has 0 unspecified atom stereocenters. The van der Waals surface area contributed by atoms with Crippen LogP contribution in [0.3, 0.4) is 0 Å². The van der Waals surface area contributed by atoms with E-state index >= 15 is 0 Å². The van der Waals surface area contributed by atoms with Crippen molar-refractivity contribution in [3.8, 4) is 11.5 Å². The summed E-state index contributed by atoms with van der Waals surface area (Å²) in [4.78, 5) is 0. The standard InChI is InChI=1S/C16H17ClO4S/c1-20-14-5-3-4-12(8-14)10-22(18,19)11-13-6-7-15(21-2)9-16(13)17/h3-9H,10-11H2,1-2H3. The van der Waals surface area contributed by atoms with Gasteiger partial charge in [0.25, 0.3) is 0 Å². The van der Waals surface area contributed by atoms with Gasteiger partial charge in [0.1, 0.15) is 11.5 Å². The molecular formula is C16H17ClO4S. The zero-order chi connectivity index (χ0) is 16.2. The third-order valence-corrected chi connectivity index (χ3v) is 5.03. The molecule has 2 aromatic rings. The third kappa shape index (κ3) is 4.39. The molecule has 0 spiro atoms. The Morgan fingerprint density at radius 3 is 2.27 bits per heavy atom. The Hall–Kier alpha value is -1.72. The highest BCUT2D eigenvalue weighted by Crippen LogP contribution is 2.25. The molecule has 22 heavy (non-hydrogen) atoms. The van der Waals surface area contributed by atoms with Gasteiger partial charge in [0.15, 0.2) is 9.84 Å². The first-order chi connectivity index (χ1) is 10.4. The van der Waals surface area contributed by atoms with Gasteiger partial charge in [-0.3, -0.25) is 0 Å². The Morgan fingerprint density at radius 2 is 1.64 bits per heavy atom. The molecule has 0 N–H and O–H groups in total. The molecule has 0 atom stereocenters. The smallest absolute Gasteiger partial charge is 0.158 e. The number of sulfone groups is 1. The SMILES string of the molecule is COc1cccc(CS(=O)(=O)Cc2ccc(OC)cc2Cl)c1. The van der Waals surface area contributed by atoms with Crippen LogP contribution in [0.1, 0.15) is 11.1 Å². The van der Waals surface area contributed by atoms with Crippen LogP contribution in [0.2, 0.25) is 5.02 Å². The fourth-order valence-corrected chi connectivity index (χ4v) is 3.91. The van der Waals surface area contributed by atoms with Crippen molar-refractivity contribution < 1.29 is 17.9 Å². The maximum absolute atomic E-state index is 12.3. The fraction of sp³-hybridized carbons (Fsp3) is 0.250. The van der Waals surface area contributed by atoms with E-state index in [1.54, 1.807) is 49.6 Å². The molecule has 0 aromatic heterocycles. The van der Waals surface area contributed by atoms with Crippen molar-refractivity contribution in [2.24, 2.45) is 0 Å². The van der Waals surface area contributed by atoms with Gasteiger partial charge in [-0.2, -0.15) is 0 Å². The van der Waals surface area contributed by atoms with Crippen molar-refractivity contribution in [1.82, 2.24) is 0 Å². The molecule has 2 aromatic carbocycles. The number of benzene rings is 2. The molecule has 0 amide bonds. The van der Waals surface area contributed by atoms with Crippen LogP contribution in [0, 0.1) is 0 Å². The summed E-state index contributed by atoms with van der Waals surface area (Å²) in [5.74, 6) is 1.05. The normalized spacial score (nSPS) is 11.2. The number of methoxy groups -OCH3 is 2. The maximum Gasteiger partial charge on any atom is 0.158 e. The highest BCUT2D eigenvalue weighted by Gasteiger charge is 2.16. The predicted octanol–water partition coefficient (Wildman–Crippen LogP) is 3.47. The van der Waals surface area contributed by atoms with Gasteiger partial charge in [0.2, 0.25) is 0 Å². The number of rotatable bonds is 6. The average Bonchev–Trinajstić information content (AvgIpc) is 2.48. The van der Waals surface area contributed by atoms with Crippen LogP contribution in [0.4, 0.5) is 0 Å². The largest absolute Gasteiger partial charge is 0.497 e. The van der Waals surface area contributed by atoms with Crippen molar-refractivity contribution in [3.05, 3.63) is 58.6 Å². The first kappa shape index (κ1) is 16.6. The minimum atomic E-state index is -3.34. The van der Waals surface area contributed by atoms with Gasteiger partial charge >= 0.3 is 0 Å². The molecule has 0 aliphatic heterocycles. The fourth-order valence-electron chi connectivity index (χ4n) is 2.08. The van der Waals surface area contributed by atoms with E-state index in [1.165, 1.54) is 7.11 Å². The number of hydrogen-bond donors (Lipinski definition) is 0. The number of halogens is 1. The number of ether oxygens (including phenoxy) is 2. The minimum absolute atomic E-state index is 0.0629. The van der Waals surface area contributed by atoms with Gasteiger partial charge in [-0.25, -0.2) is 8.42 Å². The van der Waals surface area contributed by atoms with E-state index in [1.807, 2.05) is 0 Å². The molecule has 118 valence electrons. The van der Waals surface area contributed by atoms with Crippen molar-refractivity contribution >= 4 is 21.4 Å². The lowest BCUT2D eigenvalue weighted by atomic mass is 10.2. The molecule has 0 heterocycles. The van der Waals surface area contributed by atoms with Crippen LogP contribution in [0.5, 0.6) is 11.5 Å². The lowest BCUT2D eigenvalue weighted by Gasteiger charge is -2.09. The molecule has 0 saturated heterocycles. The molecule has 4 nitrogen and oxygen atoms in total. The average molecular weight is 341 g/mol. The molecule has 0 aliphatic rings. The molecule has 0 bridgehead atoms. The number of hydrogen-bond acceptors (Lipinski definition) is 4. The van der Waals surface area contributed by atoms with E-state index < -0.39 is 9.84 Å². The monoisotopic (exact) mass is 340 g/mol. The van der Waals surface area contributed by atoms with Crippen molar-refractivity contribution in [1.29, 1.82) is 0 Å². The van der Waals surface area contributed by atoms with Crippen LogP contribution >= 0.6 is 11.6 Å². The summed E-state index contributed by atoms with van der Waals surface area (Å²) in [5.41, 5.74) is 1.24. The quantitative estimate of drug-likeness (QED) is 0.808. The first-order valence-corrected chi connectivity index (χ1v) is 8.79. The van der Waals surface area contributed by atoms with Crippen LogP contribution in [0.15, 0.2) is 42.5 Å². The van der Waals surface area contributed by atoms with Crippen LogP contribution in [0.25, 0.3) is 0 Å². The summed E-state index contributed by atoms with van der Waals surface area (Å²) < 4.78 is 34.8. The third-order valence-electron chi connectivity index (χ3n) is 3.16. The van der Waals surface area contributed by atoms with Gasteiger partial charge in [-0.05, 0) is 35.4 Å². The topological polar surface area (TPSA) is 52.6 Å². The highest BCUT2D eigenvalue weighted by atomic mass is 35.5. The Kier molecular flexibility index (Phi) is 5.32. The van der Waals surface area contributed by atoms with Crippen molar-refractivity contribution in [2.45, 2.75) is 11.5 Å². The van der Waals surface area contributed by atoms with E-state index in [4.69, 9.17) is 21.1 Å². The molecule has 0 radical (unpaired) electrons. The zero-order valence-corrected chi connectivity index (χ0v) is 13.9. The van der Waals surface area contributed by atoms with Gasteiger partial charge < -0.3 is 9.47 Å². The van der Waals surface area contributed by atoms with Gasteiger partial charge in [0, 0.05) is 5.02 Å². The first-order valence-electron chi connectivity index (χ1n) is 6.59. The molecular weight excluding hydrogens is 324 g/mol. The predicted molar refractivity (Wildman–Crippen MR) is 87.3 cm³/mol. The lowest BCUT2D eigenvalue weighted by molar-refractivity contribution is 0.414. The summed E-state index contributed by atoms with van der Waals surface area (Å²) in [7, 11) is -0.257. The van der Waals surface area contributed by atoms with E-state index in [2.05, 4.69) is 0 Å². The highest BCUT2D eigenvalue weighted by molar-refractivity contribution is 7.89. The summed E-state index contributed by atoms with van der Waals surface area (Å²) >= 11 is 6.10. The summed E-state index contributed by atoms with van der Waals surface area (Å²) in [6.07, 6.45) is 0. The molecule has 0 saturated carbocycles. The second-order valence-corrected chi connectivity index (χ2v) is 7.31. The Labute approximate surface area is 135 Å². The zero-order valence-electron chi connectivity index (χ0n) is 12.4.